The van der Waals surface area contributed by atoms with E-state index in [9.17, 15) is 0 Å². The van der Waals surface area contributed by atoms with Gasteiger partial charge in [0.2, 0.25) is 0 Å². The first-order valence-electron chi connectivity index (χ1n) is 11.6. The number of para-hydroxylation sites is 1. The largest absolute Gasteiger partial charge is 0.503 e. The maximum atomic E-state index is 6.13. The second-order valence-corrected chi connectivity index (χ2v) is 8.29. The van der Waals surface area contributed by atoms with E-state index in [0.717, 1.165) is 34.0 Å². The number of imidazole rings is 1. The van der Waals surface area contributed by atoms with Gasteiger partial charge in [-0.25, -0.2) is 0 Å². The van der Waals surface area contributed by atoms with E-state index in [2.05, 4.69) is 29.4 Å². The van der Waals surface area contributed by atoms with Crippen molar-refractivity contribution in [2.45, 2.75) is 0 Å². The van der Waals surface area contributed by atoms with Crippen LogP contribution in [0.25, 0.3) is 22.6 Å². The van der Waals surface area contributed by atoms with Gasteiger partial charge in [0, 0.05) is 57.1 Å². The molecule has 1 aliphatic heterocycles. The second kappa shape index (κ2) is 10.9. The summed E-state index contributed by atoms with van der Waals surface area (Å²) in [5, 5.41) is 6.24. The van der Waals surface area contributed by atoms with Crippen LogP contribution in [0.5, 0.6) is 11.5 Å². The summed E-state index contributed by atoms with van der Waals surface area (Å²) in [5.41, 5.74) is 4.65. The van der Waals surface area contributed by atoms with Crippen molar-refractivity contribution in [3.63, 3.8) is 0 Å². The van der Waals surface area contributed by atoms with E-state index >= 15 is 0 Å². The Morgan fingerprint density at radius 3 is 2.27 bits per heavy atom. The minimum Gasteiger partial charge on any atom is -0.503 e. The Balaban J connectivity index is 0.00000280. The quantitative estimate of drug-likeness (QED) is 0.194. The minimum atomic E-state index is 0. The normalized spacial score (nSPS) is 12.5. The van der Waals surface area contributed by atoms with Crippen LogP contribution in [0.2, 0.25) is 0 Å². The van der Waals surface area contributed by atoms with Crippen molar-refractivity contribution < 1.29 is 25.8 Å². The number of benzene rings is 4. The Labute approximate surface area is 230 Å². The van der Waals surface area contributed by atoms with Gasteiger partial charge in [-0.1, -0.05) is 60.3 Å². The fourth-order valence-corrected chi connectivity index (χ4v) is 4.00. The predicted octanol–water partition coefficient (Wildman–Crippen LogP) is 6.53. The van der Waals surface area contributed by atoms with Crippen LogP contribution in [-0.4, -0.2) is 15.9 Å². The molecule has 0 saturated carbocycles. The predicted molar refractivity (Wildman–Crippen MR) is 142 cm³/mol. The number of hydrogen-bond donors (Lipinski definition) is 0. The van der Waals surface area contributed by atoms with Gasteiger partial charge in [0.1, 0.15) is 0 Å². The molecule has 37 heavy (non-hydrogen) atoms. The molecule has 0 amide bonds. The summed E-state index contributed by atoms with van der Waals surface area (Å²) in [6.07, 6.45) is 3.79. The van der Waals surface area contributed by atoms with Crippen molar-refractivity contribution in [2.24, 2.45) is 12.1 Å². The van der Waals surface area contributed by atoms with Gasteiger partial charge in [0.25, 0.3) is 0 Å². The summed E-state index contributed by atoms with van der Waals surface area (Å²) in [7, 11) is 1.99. The zero-order valence-electron chi connectivity index (χ0n) is 19.9. The van der Waals surface area contributed by atoms with E-state index in [0.29, 0.717) is 11.5 Å². The number of aromatic nitrogens is 2. The molecule has 6 rings (SSSR count). The zero-order valence-corrected chi connectivity index (χ0v) is 22.2. The fraction of sp³-hybridized carbons (Fsp3) is 0.0333. The number of hydrazone groups is 1. The zero-order chi connectivity index (χ0) is 24.3. The summed E-state index contributed by atoms with van der Waals surface area (Å²) < 4.78 is 8.13. The molecule has 0 saturated heterocycles. The standard InChI is InChI=1S/C30H22N5O.Pt/c1-33-20-29(23-10-4-2-5-11-23)32-30(33)24-12-8-16-27(18-24)36-28-17-9-15-26(19-28)35-22-34(21-31-35)25-13-6-3-7-14-25;/h2-17,20-22H,1H3;/q-3;. The van der Waals surface area contributed by atoms with Crippen LogP contribution >= 0.6 is 0 Å². The molecule has 0 bridgehead atoms. The molecular formula is C30H22N5OPt-3. The van der Waals surface area contributed by atoms with E-state index in [1.165, 1.54) is 0 Å². The second-order valence-electron chi connectivity index (χ2n) is 8.29. The smallest absolute Gasteiger partial charge is 0.0848 e. The topological polar surface area (TPSA) is 45.9 Å². The summed E-state index contributed by atoms with van der Waals surface area (Å²) in [4.78, 5) is 6.79. The van der Waals surface area contributed by atoms with Gasteiger partial charge in [0.15, 0.2) is 0 Å². The van der Waals surface area contributed by atoms with Crippen LogP contribution in [0.3, 0.4) is 0 Å². The van der Waals surface area contributed by atoms with E-state index in [1.807, 2.05) is 114 Å². The Morgan fingerprint density at radius 2 is 1.49 bits per heavy atom. The van der Waals surface area contributed by atoms with Crippen molar-refractivity contribution >= 4 is 17.7 Å². The third-order valence-electron chi connectivity index (χ3n) is 5.76. The summed E-state index contributed by atoms with van der Waals surface area (Å²) in [6.45, 7) is 1.91. The molecule has 0 unspecified atom stereocenters. The van der Waals surface area contributed by atoms with Crippen molar-refractivity contribution in [2.75, 3.05) is 9.91 Å². The third kappa shape index (κ3) is 5.35. The SMILES string of the molecule is Cn1cc(-c2ccccc2)nc1-c1[c-]c(Oc2[c-]c(N3[CH-]N(c4ccccc4)C=N3)ccc2)ccc1.[Pt]. The van der Waals surface area contributed by atoms with Crippen LogP contribution in [-0.2, 0) is 28.1 Å². The molecule has 1 aromatic heterocycles. The van der Waals surface area contributed by atoms with Gasteiger partial charge < -0.3 is 19.2 Å². The van der Waals surface area contributed by atoms with Crippen LogP contribution in [0.4, 0.5) is 11.4 Å². The van der Waals surface area contributed by atoms with Crippen molar-refractivity contribution in [1.29, 1.82) is 0 Å². The van der Waals surface area contributed by atoms with Crippen molar-refractivity contribution in [1.82, 2.24) is 9.55 Å². The first-order chi connectivity index (χ1) is 17.7. The molecule has 0 fully saturated rings. The molecule has 4 aromatic carbocycles. The van der Waals surface area contributed by atoms with E-state index in [4.69, 9.17) is 9.72 Å². The maximum absolute atomic E-state index is 6.13. The Bertz CT molecular complexity index is 1520. The van der Waals surface area contributed by atoms with Crippen LogP contribution in [0.15, 0.2) is 108 Å². The number of anilines is 2. The monoisotopic (exact) mass is 663 g/mol. The molecule has 0 radical (unpaired) electrons. The molecule has 0 atom stereocenters. The molecule has 7 heteroatoms. The van der Waals surface area contributed by atoms with Gasteiger partial charge in [-0.2, -0.15) is 11.2 Å². The summed E-state index contributed by atoms with van der Waals surface area (Å²) in [6, 6.07) is 38.4. The number of rotatable bonds is 6. The average molecular weight is 664 g/mol. The van der Waals surface area contributed by atoms with Gasteiger partial charge in [-0.05, 0) is 12.1 Å². The summed E-state index contributed by atoms with van der Waals surface area (Å²) in [5.74, 6) is 1.98. The minimum absolute atomic E-state index is 0. The van der Waals surface area contributed by atoms with Gasteiger partial charge >= 0.3 is 0 Å². The molecule has 0 N–H and O–H groups in total. The van der Waals surface area contributed by atoms with Gasteiger partial charge in [0.05, 0.1) is 17.9 Å². The number of hydrogen-bond acceptors (Lipinski definition) is 5. The first-order valence-corrected chi connectivity index (χ1v) is 11.6. The average Bonchev–Trinajstić information content (AvgIpc) is 3.58. The summed E-state index contributed by atoms with van der Waals surface area (Å²) >= 11 is 0. The third-order valence-corrected chi connectivity index (χ3v) is 5.76. The molecular weight excluding hydrogens is 641 g/mol. The molecule has 1 aliphatic rings. The Kier molecular flexibility index (Phi) is 7.20. The van der Waals surface area contributed by atoms with Crippen molar-refractivity contribution in [3.05, 3.63) is 122 Å². The molecule has 0 aliphatic carbocycles. The molecule has 6 nitrogen and oxygen atoms in total. The first kappa shape index (κ1) is 24.5. The van der Waals surface area contributed by atoms with Gasteiger partial charge in [-0.3, -0.25) is 4.98 Å². The maximum Gasteiger partial charge on any atom is 0.0848 e. The molecule has 186 valence electrons. The molecule has 0 spiro atoms. The van der Waals surface area contributed by atoms with Gasteiger partial charge in [-0.15, -0.1) is 48.6 Å². The fourth-order valence-electron chi connectivity index (χ4n) is 4.00. The number of aryl methyl sites for hydroxylation is 1. The molecule has 5 aromatic rings. The van der Waals surface area contributed by atoms with E-state index < -0.39 is 0 Å². The van der Waals surface area contributed by atoms with Crippen LogP contribution < -0.4 is 14.6 Å². The number of nitrogens with zero attached hydrogens (tertiary/aromatic N) is 5. The van der Waals surface area contributed by atoms with E-state index in [-0.39, 0.29) is 21.1 Å². The van der Waals surface area contributed by atoms with Crippen LogP contribution in [0.1, 0.15) is 0 Å². The molecule has 2 heterocycles. The number of ether oxygens (including phenoxy) is 1. The van der Waals surface area contributed by atoms with Crippen molar-refractivity contribution in [3.8, 4) is 34.1 Å². The van der Waals surface area contributed by atoms with Crippen LogP contribution in [0, 0.1) is 18.8 Å². The Morgan fingerprint density at radius 1 is 0.784 bits per heavy atom. The Hall–Kier alpha value is -4.15. The van der Waals surface area contributed by atoms with E-state index in [1.54, 1.807) is 11.3 Å².